The van der Waals surface area contributed by atoms with Crippen LogP contribution in [-0.2, 0) is 24.4 Å². The number of hydrogen-bond acceptors (Lipinski definition) is 12. The van der Waals surface area contributed by atoms with Gasteiger partial charge in [0.2, 0.25) is 0 Å². The number of aliphatic carboxylic acids is 1. The molecule has 0 bridgehead atoms. The molecule has 6 rings (SSSR count). The van der Waals surface area contributed by atoms with E-state index in [4.69, 9.17) is 0 Å². The first kappa shape index (κ1) is 38.4. The number of aromatic nitrogens is 6. The van der Waals surface area contributed by atoms with E-state index >= 15 is 0 Å². The number of aromatic carboxylic acids is 3. The summed E-state index contributed by atoms with van der Waals surface area (Å²) in [5.74, 6) is -4.43. The first-order valence-corrected chi connectivity index (χ1v) is 17.1. The van der Waals surface area contributed by atoms with E-state index in [1.807, 2.05) is 12.1 Å². The van der Waals surface area contributed by atoms with E-state index < -0.39 is 23.9 Å². The van der Waals surface area contributed by atoms with Gasteiger partial charge < -0.3 is 20.4 Å². The zero-order valence-electron chi connectivity index (χ0n) is 29.6. The number of nitrogens with zero attached hydrogens (tertiary/aromatic N) is 8. The van der Waals surface area contributed by atoms with Gasteiger partial charge in [-0.1, -0.05) is 36.4 Å². The lowest BCUT2D eigenvalue weighted by molar-refractivity contribution is -0.138. The van der Waals surface area contributed by atoms with Gasteiger partial charge in [0.15, 0.2) is 0 Å². The highest BCUT2D eigenvalue weighted by molar-refractivity contribution is 5.87. The van der Waals surface area contributed by atoms with Crippen LogP contribution in [0.2, 0.25) is 0 Å². The molecular weight excluding hydrogens is 720 g/mol. The smallest absolute Gasteiger partial charge is 0.354 e. The molecule has 0 saturated carbocycles. The Bertz CT molecular complexity index is 2250. The molecule has 6 aromatic rings. The van der Waals surface area contributed by atoms with Crippen LogP contribution in [0.15, 0.2) is 110 Å². The van der Waals surface area contributed by atoms with Crippen molar-refractivity contribution < 1.29 is 39.6 Å². The third kappa shape index (κ3) is 10.2. The lowest BCUT2D eigenvalue weighted by Gasteiger charge is -2.27. The van der Waals surface area contributed by atoms with Crippen molar-refractivity contribution in [2.75, 3.05) is 19.6 Å². The minimum Gasteiger partial charge on any atom is -0.480 e. The molecule has 0 unspecified atom stereocenters. The topological polar surface area (TPSA) is 233 Å². The summed E-state index contributed by atoms with van der Waals surface area (Å²) in [5.41, 5.74) is 4.85. The third-order valence-electron chi connectivity index (χ3n) is 8.48. The van der Waals surface area contributed by atoms with Gasteiger partial charge in [0.25, 0.3) is 0 Å². The van der Waals surface area contributed by atoms with E-state index in [9.17, 15) is 39.6 Å². The molecule has 6 heterocycles. The minimum atomic E-state index is -1.15. The van der Waals surface area contributed by atoms with Crippen molar-refractivity contribution >= 4 is 23.9 Å². The zero-order chi connectivity index (χ0) is 39.6. The average Bonchev–Trinajstić information content (AvgIpc) is 3.20. The van der Waals surface area contributed by atoms with Crippen molar-refractivity contribution in [1.82, 2.24) is 39.7 Å². The van der Waals surface area contributed by atoms with Crippen LogP contribution in [-0.4, -0.2) is 104 Å². The molecule has 0 radical (unpaired) electrons. The van der Waals surface area contributed by atoms with E-state index in [-0.39, 0.29) is 30.2 Å². The minimum absolute atomic E-state index is 0.0928. The highest BCUT2D eigenvalue weighted by Crippen LogP contribution is 2.20. The number of rotatable bonds is 17. The fraction of sp³-hybridized carbons (Fsp3) is 0.150. The van der Waals surface area contributed by atoms with Crippen LogP contribution >= 0.6 is 0 Å². The second kappa shape index (κ2) is 17.7. The molecule has 282 valence electrons. The molecule has 0 aliphatic heterocycles. The van der Waals surface area contributed by atoms with Gasteiger partial charge in [-0.3, -0.25) is 29.5 Å². The maximum absolute atomic E-state index is 11.9. The van der Waals surface area contributed by atoms with Crippen LogP contribution in [0.1, 0.15) is 48.2 Å². The quantitative estimate of drug-likeness (QED) is 0.0984. The Kier molecular flexibility index (Phi) is 12.1. The molecule has 0 aromatic carbocycles. The molecule has 0 amide bonds. The molecule has 0 spiro atoms. The Morgan fingerprint density at radius 2 is 0.768 bits per heavy atom. The summed E-state index contributed by atoms with van der Waals surface area (Å²) in [4.78, 5) is 76.1. The first-order valence-electron chi connectivity index (χ1n) is 17.1. The van der Waals surface area contributed by atoms with Gasteiger partial charge in [-0.25, -0.2) is 29.3 Å². The molecule has 16 heteroatoms. The summed E-state index contributed by atoms with van der Waals surface area (Å²) in [6.45, 7) is 1.64. The van der Waals surface area contributed by atoms with Crippen molar-refractivity contribution in [3.8, 4) is 34.2 Å². The zero-order valence-corrected chi connectivity index (χ0v) is 29.6. The third-order valence-corrected chi connectivity index (χ3v) is 8.48. The molecule has 56 heavy (non-hydrogen) atoms. The summed E-state index contributed by atoms with van der Waals surface area (Å²) in [6.07, 6.45) is 4.98. The van der Waals surface area contributed by atoms with E-state index in [0.29, 0.717) is 60.3 Å². The van der Waals surface area contributed by atoms with Crippen molar-refractivity contribution in [3.63, 3.8) is 0 Å². The number of carboxylic acids is 4. The number of hydrogen-bond donors (Lipinski definition) is 4. The van der Waals surface area contributed by atoms with Crippen molar-refractivity contribution in [2.45, 2.75) is 19.6 Å². The predicted octanol–water partition coefficient (Wildman–Crippen LogP) is 4.74. The fourth-order valence-corrected chi connectivity index (χ4v) is 5.77. The molecular formula is C40H34N8O8. The van der Waals surface area contributed by atoms with Crippen LogP contribution in [0.5, 0.6) is 0 Å². The van der Waals surface area contributed by atoms with Crippen LogP contribution in [0.25, 0.3) is 34.2 Å². The summed E-state index contributed by atoms with van der Waals surface area (Å²) in [5, 5.41) is 37.8. The Morgan fingerprint density at radius 3 is 1.07 bits per heavy atom. The summed E-state index contributed by atoms with van der Waals surface area (Å²) in [6, 6.07) is 24.8. The molecule has 0 fully saturated rings. The lowest BCUT2D eigenvalue weighted by Crippen LogP contribution is -2.37. The lowest BCUT2D eigenvalue weighted by atomic mass is 10.1. The number of pyridine rings is 6. The fourth-order valence-electron chi connectivity index (χ4n) is 5.77. The van der Waals surface area contributed by atoms with E-state index in [1.54, 1.807) is 84.2 Å². The predicted molar refractivity (Wildman–Crippen MR) is 200 cm³/mol. The van der Waals surface area contributed by atoms with Gasteiger partial charge >= 0.3 is 23.9 Å². The van der Waals surface area contributed by atoms with Gasteiger partial charge in [0.05, 0.1) is 40.7 Å². The normalized spacial score (nSPS) is 11.1. The second-order valence-electron chi connectivity index (χ2n) is 12.6. The van der Waals surface area contributed by atoms with Gasteiger partial charge in [-0.2, -0.15) is 0 Å². The summed E-state index contributed by atoms with van der Waals surface area (Å²) < 4.78 is 0. The van der Waals surface area contributed by atoms with Gasteiger partial charge in [-0.15, -0.1) is 0 Å². The molecule has 4 N–H and O–H groups in total. The summed E-state index contributed by atoms with van der Waals surface area (Å²) >= 11 is 0. The molecule has 0 aliphatic carbocycles. The summed E-state index contributed by atoms with van der Waals surface area (Å²) in [7, 11) is 0. The average molecular weight is 755 g/mol. The highest BCUT2D eigenvalue weighted by atomic mass is 16.4. The van der Waals surface area contributed by atoms with Crippen LogP contribution in [0, 0.1) is 0 Å². The first-order chi connectivity index (χ1) is 27.0. The van der Waals surface area contributed by atoms with Crippen molar-refractivity contribution in [1.29, 1.82) is 0 Å². The van der Waals surface area contributed by atoms with Crippen LogP contribution in [0.4, 0.5) is 0 Å². The van der Waals surface area contributed by atoms with E-state index in [2.05, 4.69) is 34.8 Å². The SMILES string of the molecule is O=C(O)CN(CCN(Cc1ccc(-c2cccc(C(=O)O)n2)nc1)Cc1ccc(-c2cccc(C(=O)O)n2)nc1)Cc1ccc(-c2cccc(C(=O)O)n2)nc1. The Morgan fingerprint density at radius 1 is 0.429 bits per heavy atom. The van der Waals surface area contributed by atoms with E-state index in [0.717, 1.165) is 16.7 Å². The van der Waals surface area contributed by atoms with Gasteiger partial charge in [0, 0.05) is 51.3 Å². The second-order valence-corrected chi connectivity index (χ2v) is 12.6. The van der Waals surface area contributed by atoms with Crippen molar-refractivity contribution in [3.05, 3.63) is 143 Å². The largest absolute Gasteiger partial charge is 0.480 e. The molecule has 16 nitrogen and oxygen atoms in total. The standard InChI is InChI=1S/C40H34N8O8/c49-37(50)24-48(23-27-12-15-30(43-20-27)33-6-3-9-36(46-33)40(55)56)17-16-47(21-25-10-13-28(41-18-25)31-4-1-7-34(44-31)38(51)52)22-26-11-14-29(42-19-26)32-5-2-8-35(45-32)39(53)54/h1-15,18-20H,16-17,21-24H2,(H,49,50)(H,51,52)(H,53,54)(H,55,56). The Hall–Kier alpha value is -7.30. The van der Waals surface area contributed by atoms with E-state index in [1.165, 1.54) is 18.2 Å². The van der Waals surface area contributed by atoms with Gasteiger partial charge in [0.1, 0.15) is 17.1 Å². The van der Waals surface area contributed by atoms with Crippen LogP contribution in [0.3, 0.4) is 0 Å². The van der Waals surface area contributed by atoms with Gasteiger partial charge in [-0.05, 0) is 71.3 Å². The Labute approximate surface area is 319 Å². The maximum atomic E-state index is 11.9. The molecule has 0 aliphatic rings. The highest BCUT2D eigenvalue weighted by Gasteiger charge is 2.17. The molecule has 6 aromatic heterocycles. The van der Waals surface area contributed by atoms with Crippen LogP contribution < -0.4 is 0 Å². The number of carbonyl (C=O) groups is 4. The molecule has 0 saturated heterocycles. The monoisotopic (exact) mass is 754 g/mol. The Balaban J connectivity index is 1.20. The molecule has 0 atom stereocenters. The van der Waals surface area contributed by atoms with Crippen molar-refractivity contribution in [2.24, 2.45) is 0 Å². The number of carboxylic acid groups (broad SMARTS) is 4. The maximum Gasteiger partial charge on any atom is 0.354 e.